The van der Waals surface area contributed by atoms with E-state index in [9.17, 15) is 26.4 Å². The normalized spacial score (nSPS) is 20.9. The summed E-state index contributed by atoms with van der Waals surface area (Å²) in [5.41, 5.74) is -0.00527. The molecule has 5 rings (SSSR count). The summed E-state index contributed by atoms with van der Waals surface area (Å²) in [4.78, 5) is 13.5. The summed E-state index contributed by atoms with van der Waals surface area (Å²) in [6.45, 7) is 0.891. The Kier molecular flexibility index (Phi) is 5.21. The average Bonchev–Trinajstić information content (AvgIpc) is 2.80. The molecular formula is C24H21F3N2O3S. The van der Waals surface area contributed by atoms with Crippen LogP contribution < -0.4 is 5.56 Å². The first kappa shape index (κ1) is 21.9. The maximum Gasteiger partial charge on any atom is 0.416 e. The van der Waals surface area contributed by atoms with Crippen molar-refractivity contribution >= 4 is 10.0 Å². The SMILES string of the molecule is O=c1c(-c2cccc(C(F)(F)F)c2)ccc2n1C[C@H]1C[C@@H]2CN(S(=O)(=O)c2ccccc2)C1. The second-order valence-electron chi connectivity index (χ2n) is 8.60. The van der Waals surface area contributed by atoms with E-state index in [-0.39, 0.29) is 40.0 Å². The molecule has 1 aromatic heterocycles. The van der Waals surface area contributed by atoms with Gasteiger partial charge in [0, 0.05) is 36.8 Å². The second-order valence-corrected chi connectivity index (χ2v) is 10.5. The van der Waals surface area contributed by atoms with Gasteiger partial charge in [-0.3, -0.25) is 4.79 Å². The molecule has 33 heavy (non-hydrogen) atoms. The highest BCUT2D eigenvalue weighted by atomic mass is 32.2. The molecule has 5 nitrogen and oxygen atoms in total. The van der Waals surface area contributed by atoms with Gasteiger partial charge in [-0.05, 0) is 54.3 Å². The van der Waals surface area contributed by atoms with E-state index < -0.39 is 21.8 Å². The van der Waals surface area contributed by atoms with Crippen LogP contribution in [0, 0.1) is 5.92 Å². The molecule has 0 radical (unpaired) electrons. The predicted molar refractivity (Wildman–Crippen MR) is 117 cm³/mol. The number of benzene rings is 2. The molecule has 0 aliphatic carbocycles. The van der Waals surface area contributed by atoms with Crippen molar-refractivity contribution in [1.82, 2.24) is 8.87 Å². The van der Waals surface area contributed by atoms with E-state index >= 15 is 0 Å². The molecule has 172 valence electrons. The summed E-state index contributed by atoms with van der Waals surface area (Å²) >= 11 is 0. The van der Waals surface area contributed by atoms with Gasteiger partial charge in [-0.2, -0.15) is 17.5 Å². The van der Waals surface area contributed by atoms with E-state index in [1.165, 1.54) is 16.4 Å². The summed E-state index contributed by atoms with van der Waals surface area (Å²) in [6.07, 6.45) is -3.73. The van der Waals surface area contributed by atoms with Crippen molar-refractivity contribution in [3.05, 3.63) is 88.3 Å². The summed E-state index contributed by atoms with van der Waals surface area (Å²) < 4.78 is 68.7. The van der Waals surface area contributed by atoms with Gasteiger partial charge in [-0.1, -0.05) is 30.3 Å². The van der Waals surface area contributed by atoms with Crippen LogP contribution in [0.2, 0.25) is 0 Å². The van der Waals surface area contributed by atoms with Crippen molar-refractivity contribution in [2.75, 3.05) is 13.1 Å². The Hall–Kier alpha value is -2.91. The molecule has 2 bridgehead atoms. The van der Waals surface area contributed by atoms with Gasteiger partial charge in [-0.15, -0.1) is 0 Å². The van der Waals surface area contributed by atoms with Gasteiger partial charge in [0.15, 0.2) is 0 Å². The molecule has 2 aliphatic rings. The number of sulfonamides is 1. The standard InChI is InChI=1S/C24H21F3N2O3S/c25-24(26,27)19-6-4-5-17(12-19)21-9-10-22-18-11-16(14-29(22)23(21)30)13-28(15-18)33(31,32)20-7-2-1-3-8-20/h1-10,12,16,18H,11,13-15H2/t16-,18+/m0/s1. The van der Waals surface area contributed by atoms with Gasteiger partial charge in [0.05, 0.1) is 10.5 Å². The van der Waals surface area contributed by atoms with E-state index in [1.54, 1.807) is 47.0 Å². The van der Waals surface area contributed by atoms with E-state index in [4.69, 9.17) is 0 Å². The zero-order valence-electron chi connectivity index (χ0n) is 17.5. The lowest BCUT2D eigenvalue weighted by molar-refractivity contribution is -0.137. The molecule has 0 spiro atoms. The highest BCUT2D eigenvalue weighted by molar-refractivity contribution is 7.89. The quantitative estimate of drug-likeness (QED) is 0.568. The van der Waals surface area contributed by atoms with Crippen molar-refractivity contribution in [3.63, 3.8) is 0 Å². The number of halogens is 3. The molecule has 2 aliphatic heterocycles. The van der Waals surface area contributed by atoms with Crippen molar-refractivity contribution < 1.29 is 21.6 Å². The fourth-order valence-electron chi connectivity index (χ4n) is 4.92. The molecule has 9 heteroatoms. The number of fused-ring (bicyclic) bond motifs is 4. The highest BCUT2D eigenvalue weighted by Crippen LogP contribution is 2.38. The van der Waals surface area contributed by atoms with Gasteiger partial charge in [0.2, 0.25) is 10.0 Å². The number of alkyl halides is 3. The van der Waals surface area contributed by atoms with Gasteiger partial charge in [0.25, 0.3) is 5.56 Å². The summed E-state index contributed by atoms with van der Waals surface area (Å²) in [6, 6.07) is 16.3. The minimum atomic E-state index is -4.49. The Morgan fingerprint density at radius 3 is 2.36 bits per heavy atom. The molecule has 1 fully saturated rings. The van der Waals surface area contributed by atoms with Crippen LogP contribution in [0.5, 0.6) is 0 Å². The first-order chi connectivity index (χ1) is 15.6. The molecule has 2 aromatic carbocycles. The average molecular weight is 475 g/mol. The molecule has 1 saturated heterocycles. The smallest absolute Gasteiger partial charge is 0.311 e. The van der Waals surface area contributed by atoms with Crippen molar-refractivity contribution in [3.8, 4) is 11.1 Å². The molecule has 2 atom stereocenters. The number of aromatic nitrogens is 1. The van der Waals surface area contributed by atoms with Gasteiger partial charge >= 0.3 is 6.18 Å². The number of piperidine rings is 1. The fourth-order valence-corrected chi connectivity index (χ4v) is 6.50. The van der Waals surface area contributed by atoms with Crippen LogP contribution in [0.3, 0.4) is 0 Å². The Morgan fingerprint density at radius 2 is 1.64 bits per heavy atom. The van der Waals surface area contributed by atoms with Crippen LogP contribution in [0.25, 0.3) is 11.1 Å². The number of hydrogen-bond donors (Lipinski definition) is 0. The largest absolute Gasteiger partial charge is 0.416 e. The van der Waals surface area contributed by atoms with Crippen LogP contribution in [-0.2, 0) is 22.7 Å². The third kappa shape index (κ3) is 3.89. The summed E-state index contributed by atoms with van der Waals surface area (Å²) in [5.74, 6) is -0.205. The maximum absolute atomic E-state index is 13.3. The first-order valence-corrected chi connectivity index (χ1v) is 12.0. The van der Waals surface area contributed by atoms with E-state index in [2.05, 4.69) is 0 Å². The first-order valence-electron chi connectivity index (χ1n) is 10.6. The number of rotatable bonds is 3. The van der Waals surface area contributed by atoms with Gasteiger partial charge < -0.3 is 4.57 Å². The minimum Gasteiger partial charge on any atom is -0.311 e. The van der Waals surface area contributed by atoms with E-state index in [0.717, 1.165) is 24.2 Å². The zero-order valence-corrected chi connectivity index (χ0v) is 18.3. The zero-order chi connectivity index (χ0) is 23.4. The lowest BCUT2D eigenvalue weighted by Gasteiger charge is -2.42. The lowest BCUT2D eigenvalue weighted by Crippen LogP contribution is -2.49. The highest BCUT2D eigenvalue weighted by Gasteiger charge is 2.40. The molecule has 0 amide bonds. The predicted octanol–water partition coefficient (Wildman–Crippen LogP) is 4.34. The Balaban J connectivity index is 1.49. The van der Waals surface area contributed by atoms with Crippen LogP contribution in [0.1, 0.15) is 23.6 Å². The second kappa shape index (κ2) is 7.85. The van der Waals surface area contributed by atoms with Crippen molar-refractivity contribution in [1.29, 1.82) is 0 Å². The van der Waals surface area contributed by atoms with Crippen LogP contribution in [0.4, 0.5) is 13.2 Å². The number of pyridine rings is 1. The Morgan fingerprint density at radius 1 is 0.879 bits per heavy atom. The lowest BCUT2D eigenvalue weighted by atomic mass is 9.84. The van der Waals surface area contributed by atoms with E-state index in [0.29, 0.717) is 13.1 Å². The van der Waals surface area contributed by atoms with E-state index in [1.807, 2.05) is 0 Å². The third-order valence-corrected chi connectivity index (χ3v) is 8.30. The van der Waals surface area contributed by atoms with Gasteiger partial charge in [0.1, 0.15) is 0 Å². The Labute approximate surface area is 189 Å². The van der Waals surface area contributed by atoms with Crippen molar-refractivity contribution in [2.24, 2.45) is 5.92 Å². The Bertz CT molecular complexity index is 1370. The van der Waals surface area contributed by atoms with Crippen LogP contribution in [0.15, 0.2) is 76.4 Å². The fraction of sp³-hybridized carbons (Fsp3) is 0.292. The molecule has 3 aromatic rings. The number of nitrogens with zero attached hydrogens (tertiary/aromatic N) is 2. The van der Waals surface area contributed by atoms with Gasteiger partial charge in [-0.25, -0.2) is 8.42 Å². The van der Waals surface area contributed by atoms with Crippen LogP contribution in [-0.4, -0.2) is 30.4 Å². The molecular weight excluding hydrogens is 453 g/mol. The van der Waals surface area contributed by atoms with Crippen molar-refractivity contribution in [2.45, 2.75) is 30.0 Å². The monoisotopic (exact) mass is 474 g/mol. The van der Waals surface area contributed by atoms with Crippen LogP contribution >= 0.6 is 0 Å². The summed E-state index contributed by atoms with van der Waals surface area (Å²) in [7, 11) is -3.65. The molecule has 0 unspecified atom stereocenters. The minimum absolute atomic E-state index is 0.0517. The topological polar surface area (TPSA) is 59.4 Å². The summed E-state index contributed by atoms with van der Waals surface area (Å²) in [5, 5.41) is 0. The molecule has 0 N–H and O–H groups in total. The third-order valence-electron chi connectivity index (χ3n) is 6.45. The molecule has 3 heterocycles. The maximum atomic E-state index is 13.3. The number of hydrogen-bond acceptors (Lipinski definition) is 3. The molecule has 0 saturated carbocycles.